The van der Waals surface area contributed by atoms with Gasteiger partial charge in [-0.05, 0) is 31.9 Å². The van der Waals surface area contributed by atoms with Gasteiger partial charge in [0, 0.05) is 13.7 Å². The van der Waals surface area contributed by atoms with E-state index in [0.717, 1.165) is 24.6 Å². The van der Waals surface area contributed by atoms with Gasteiger partial charge in [0.25, 0.3) is 5.56 Å². The van der Waals surface area contributed by atoms with Gasteiger partial charge in [-0.25, -0.2) is 9.78 Å². The highest BCUT2D eigenvalue weighted by molar-refractivity contribution is 8.00. The number of hydrogen-bond acceptors (Lipinski definition) is 6. The Kier molecular flexibility index (Phi) is 6.12. The molecule has 9 heteroatoms. The number of carbonyl (C=O) groups is 2. The number of aromatic nitrogens is 2. The summed E-state index contributed by atoms with van der Waals surface area (Å²) in [7, 11) is 1.44. The molecule has 0 radical (unpaired) electrons. The van der Waals surface area contributed by atoms with Crippen molar-refractivity contribution in [2.24, 2.45) is 0 Å². The van der Waals surface area contributed by atoms with Crippen molar-refractivity contribution in [3.05, 3.63) is 34.6 Å². The number of amides is 3. The number of benzene rings is 1. The zero-order valence-electron chi connectivity index (χ0n) is 15.2. The molecular weight excluding hydrogens is 368 g/mol. The highest BCUT2D eigenvalue weighted by Gasteiger charge is 2.23. The number of fused-ring (bicyclic) bond motifs is 1. The zero-order valence-corrected chi connectivity index (χ0v) is 16.0. The van der Waals surface area contributed by atoms with E-state index in [1.807, 2.05) is 6.07 Å². The van der Waals surface area contributed by atoms with Crippen LogP contribution in [0.3, 0.4) is 0 Å². The lowest BCUT2D eigenvalue weighted by Crippen LogP contribution is -2.41. The third-order valence-electron chi connectivity index (χ3n) is 4.35. The number of hydrogen-bond donors (Lipinski definition) is 2. The lowest BCUT2D eigenvalue weighted by Gasteiger charge is -2.18. The Morgan fingerprint density at radius 3 is 2.89 bits per heavy atom. The fourth-order valence-corrected chi connectivity index (χ4v) is 3.80. The van der Waals surface area contributed by atoms with Crippen LogP contribution in [0.2, 0.25) is 0 Å². The van der Waals surface area contributed by atoms with Gasteiger partial charge >= 0.3 is 6.03 Å². The Hall–Kier alpha value is -2.39. The molecule has 3 rings (SSSR count). The Morgan fingerprint density at radius 2 is 2.19 bits per heavy atom. The number of nitrogens with zero attached hydrogens (tertiary/aromatic N) is 2. The van der Waals surface area contributed by atoms with Crippen molar-refractivity contribution in [3.8, 4) is 0 Å². The molecule has 0 unspecified atom stereocenters. The Morgan fingerprint density at radius 1 is 1.41 bits per heavy atom. The fraction of sp³-hybridized carbons (Fsp3) is 0.444. The fourth-order valence-electron chi connectivity index (χ4n) is 2.88. The smallest absolute Gasteiger partial charge is 0.321 e. The van der Waals surface area contributed by atoms with Gasteiger partial charge in [0.2, 0.25) is 5.91 Å². The van der Waals surface area contributed by atoms with Crippen LogP contribution in [0.4, 0.5) is 4.79 Å². The Labute approximate surface area is 160 Å². The number of imide groups is 1. The predicted molar refractivity (Wildman–Crippen MR) is 103 cm³/mol. The summed E-state index contributed by atoms with van der Waals surface area (Å²) in [5, 5.41) is 4.95. The third-order valence-corrected chi connectivity index (χ3v) is 5.44. The maximum Gasteiger partial charge on any atom is 0.321 e. The standard InChI is InChI=1S/C18H22N4O4S/c1-11(15(23)21-17(25)19-2)27-18-20-14-8-4-3-7-13(14)16(24)22(18)10-12-6-5-9-26-12/h3-4,7-8,11-12H,5-6,9-10H2,1-2H3,(H2,19,21,23,25)/t11-,12-/m0/s1. The number of thioether (sulfide) groups is 1. The second-order valence-electron chi connectivity index (χ2n) is 6.29. The molecule has 0 aliphatic carbocycles. The molecule has 2 atom stereocenters. The van der Waals surface area contributed by atoms with Gasteiger partial charge in [-0.2, -0.15) is 0 Å². The van der Waals surface area contributed by atoms with Crippen LogP contribution in [0.15, 0.2) is 34.2 Å². The van der Waals surface area contributed by atoms with Gasteiger partial charge in [0.15, 0.2) is 5.16 Å². The monoisotopic (exact) mass is 390 g/mol. The van der Waals surface area contributed by atoms with Crippen molar-refractivity contribution in [1.29, 1.82) is 0 Å². The van der Waals surface area contributed by atoms with Crippen LogP contribution in [0.1, 0.15) is 19.8 Å². The molecule has 0 saturated carbocycles. The van der Waals surface area contributed by atoms with E-state index < -0.39 is 17.2 Å². The highest BCUT2D eigenvalue weighted by atomic mass is 32.2. The van der Waals surface area contributed by atoms with E-state index in [2.05, 4.69) is 15.6 Å². The lowest BCUT2D eigenvalue weighted by atomic mass is 10.2. The van der Waals surface area contributed by atoms with E-state index in [-0.39, 0.29) is 11.7 Å². The minimum absolute atomic E-state index is 0.0417. The van der Waals surface area contributed by atoms with Crippen LogP contribution in [0.25, 0.3) is 10.9 Å². The zero-order chi connectivity index (χ0) is 19.4. The van der Waals surface area contributed by atoms with Crippen molar-refractivity contribution in [2.75, 3.05) is 13.7 Å². The molecule has 1 fully saturated rings. The first-order valence-corrected chi connectivity index (χ1v) is 9.68. The highest BCUT2D eigenvalue weighted by Crippen LogP contribution is 2.24. The van der Waals surface area contributed by atoms with Gasteiger partial charge < -0.3 is 10.1 Å². The van der Waals surface area contributed by atoms with E-state index in [1.165, 1.54) is 7.05 Å². The van der Waals surface area contributed by atoms with Crippen LogP contribution < -0.4 is 16.2 Å². The average molecular weight is 390 g/mol. The summed E-state index contributed by atoms with van der Waals surface area (Å²) < 4.78 is 7.25. The predicted octanol–water partition coefficient (Wildman–Crippen LogP) is 1.51. The summed E-state index contributed by atoms with van der Waals surface area (Å²) in [5.41, 5.74) is 0.421. The summed E-state index contributed by atoms with van der Waals surface area (Å²) in [4.78, 5) is 41.1. The van der Waals surface area contributed by atoms with Crippen LogP contribution in [-0.2, 0) is 16.1 Å². The number of para-hydroxylation sites is 1. The molecular formula is C18H22N4O4S. The van der Waals surface area contributed by atoms with E-state index in [1.54, 1.807) is 29.7 Å². The van der Waals surface area contributed by atoms with Crippen LogP contribution >= 0.6 is 11.8 Å². The molecule has 1 aromatic carbocycles. The number of carbonyl (C=O) groups excluding carboxylic acids is 2. The summed E-state index contributed by atoms with van der Waals surface area (Å²) in [5.74, 6) is -0.453. The first-order valence-electron chi connectivity index (χ1n) is 8.80. The molecule has 2 N–H and O–H groups in total. The molecule has 0 bridgehead atoms. The normalized spacial score (nSPS) is 17.6. The molecule has 27 heavy (non-hydrogen) atoms. The minimum atomic E-state index is -0.605. The average Bonchev–Trinajstić information content (AvgIpc) is 3.17. The molecule has 2 aromatic rings. The Balaban J connectivity index is 1.93. The van der Waals surface area contributed by atoms with E-state index in [0.29, 0.717) is 29.2 Å². The van der Waals surface area contributed by atoms with Crippen LogP contribution in [0, 0.1) is 0 Å². The number of urea groups is 1. The third kappa shape index (κ3) is 4.48. The molecule has 8 nitrogen and oxygen atoms in total. The maximum absolute atomic E-state index is 13.0. The first-order chi connectivity index (χ1) is 13.0. The SMILES string of the molecule is CNC(=O)NC(=O)[C@H](C)Sc1nc2ccccc2c(=O)n1C[C@@H]1CCCO1. The minimum Gasteiger partial charge on any atom is -0.376 e. The largest absolute Gasteiger partial charge is 0.376 e. The van der Waals surface area contributed by atoms with Gasteiger partial charge in [-0.1, -0.05) is 23.9 Å². The summed E-state index contributed by atoms with van der Waals surface area (Å²) in [6.45, 7) is 2.75. The van der Waals surface area contributed by atoms with Gasteiger partial charge in [0.05, 0.1) is 28.8 Å². The molecule has 0 spiro atoms. The van der Waals surface area contributed by atoms with Crippen molar-refractivity contribution in [1.82, 2.24) is 20.2 Å². The number of nitrogens with one attached hydrogen (secondary N) is 2. The molecule has 2 heterocycles. The summed E-state index contributed by atoms with van der Waals surface area (Å²) in [6.07, 6.45) is 1.81. The van der Waals surface area contributed by atoms with E-state index >= 15 is 0 Å². The number of rotatable bonds is 5. The molecule has 1 aliphatic heterocycles. The maximum atomic E-state index is 13.0. The van der Waals surface area contributed by atoms with Crippen molar-refractivity contribution < 1.29 is 14.3 Å². The van der Waals surface area contributed by atoms with Gasteiger partial charge in [-0.15, -0.1) is 0 Å². The summed E-state index contributed by atoms with van der Waals surface area (Å²) >= 11 is 1.15. The number of ether oxygens (including phenoxy) is 1. The van der Waals surface area contributed by atoms with E-state index in [9.17, 15) is 14.4 Å². The second-order valence-corrected chi connectivity index (χ2v) is 7.60. The first kappa shape index (κ1) is 19.4. The molecule has 3 amide bonds. The quantitative estimate of drug-likeness (QED) is 0.593. The van der Waals surface area contributed by atoms with Crippen molar-refractivity contribution in [3.63, 3.8) is 0 Å². The van der Waals surface area contributed by atoms with Gasteiger partial charge in [0.1, 0.15) is 0 Å². The van der Waals surface area contributed by atoms with Crippen molar-refractivity contribution in [2.45, 2.75) is 42.8 Å². The lowest BCUT2D eigenvalue weighted by molar-refractivity contribution is -0.119. The molecule has 144 valence electrons. The Bertz CT molecular complexity index is 908. The van der Waals surface area contributed by atoms with E-state index in [4.69, 9.17) is 4.74 Å². The van der Waals surface area contributed by atoms with Crippen LogP contribution in [0.5, 0.6) is 0 Å². The molecule has 1 saturated heterocycles. The topological polar surface area (TPSA) is 102 Å². The summed E-state index contributed by atoms with van der Waals surface area (Å²) in [6, 6.07) is 6.55. The molecule has 1 aliphatic rings. The second kappa shape index (κ2) is 8.53. The molecule has 1 aromatic heterocycles. The van der Waals surface area contributed by atoms with Crippen LogP contribution in [-0.4, -0.2) is 46.5 Å². The van der Waals surface area contributed by atoms with Crippen molar-refractivity contribution >= 4 is 34.6 Å². The van der Waals surface area contributed by atoms with Gasteiger partial charge in [-0.3, -0.25) is 19.5 Å².